The van der Waals surface area contributed by atoms with Crippen molar-refractivity contribution in [1.82, 2.24) is 5.32 Å². The molecule has 2 aliphatic heterocycles. The van der Waals surface area contributed by atoms with Crippen molar-refractivity contribution in [2.75, 3.05) is 19.8 Å². The van der Waals surface area contributed by atoms with Gasteiger partial charge in [0.05, 0.1) is 0 Å². The highest BCUT2D eigenvalue weighted by Gasteiger charge is 2.20. The third-order valence-corrected chi connectivity index (χ3v) is 4.14. The van der Waals surface area contributed by atoms with E-state index in [1.54, 1.807) is 0 Å². The topological polar surface area (TPSA) is 30.5 Å². The molecule has 0 radical (unpaired) electrons. The van der Waals surface area contributed by atoms with Crippen LogP contribution in [0.5, 0.6) is 11.5 Å². The maximum Gasteiger partial charge on any atom is 0.164 e. The summed E-state index contributed by atoms with van der Waals surface area (Å²) in [5.74, 6) is 1.91. The van der Waals surface area contributed by atoms with Crippen LogP contribution < -0.4 is 14.8 Å². The molecule has 0 spiro atoms. The van der Waals surface area contributed by atoms with Gasteiger partial charge in [-0.1, -0.05) is 19.4 Å². The first-order chi connectivity index (χ1) is 9.38. The number of fused-ring (bicyclic) bond motifs is 1. The van der Waals surface area contributed by atoms with Crippen molar-refractivity contribution in [1.29, 1.82) is 0 Å². The summed E-state index contributed by atoms with van der Waals surface area (Å²) in [5, 5.41) is 3.63. The molecular formula is C16H23NO2. The van der Waals surface area contributed by atoms with Crippen LogP contribution in [0.15, 0.2) is 12.1 Å². The molecule has 1 aromatic carbocycles. The SMILES string of the molecule is CCc1c(CC2CCCCN2)ccc2c1OCCO2. The molecule has 1 N–H and O–H groups in total. The lowest BCUT2D eigenvalue weighted by atomic mass is 9.93. The fourth-order valence-corrected chi connectivity index (χ4v) is 3.16. The Morgan fingerprint density at radius 3 is 2.89 bits per heavy atom. The van der Waals surface area contributed by atoms with E-state index in [0.717, 1.165) is 30.9 Å². The summed E-state index contributed by atoms with van der Waals surface area (Å²) in [6.45, 7) is 4.70. The molecule has 1 unspecified atom stereocenters. The second-order valence-electron chi connectivity index (χ2n) is 5.43. The second-order valence-corrected chi connectivity index (χ2v) is 5.43. The summed E-state index contributed by atoms with van der Waals surface area (Å²) < 4.78 is 11.5. The first-order valence-corrected chi connectivity index (χ1v) is 7.52. The Morgan fingerprint density at radius 1 is 1.21 bits per heavy atom. The van der Waals surface area contributed by atoms with Gasteiger partial charge in [-0.05, 0) is 43.9 Å². The van der Waals surface area contributed by atoms with Crippen molar-refractivity contribution < 1.29 is 9.47 Å². The maximum atomic E-state index is 5.83. The Balaban J connectivity index is 1.83. The molecule has 3 nitrogen and oxygen atoms in total. The molecule has 1 atom stereocenters. The number of piperidine rings is 1. The predicted octanol–water partition coefficient (Wildman–Crippen LogP) is 2.70. The first-order valence-electron chi connectivity index (χ1n) is 7.52. The summed E-state index contributed by atoms with van der Waals surface area (Å²) in [4.78, 5) is 0. The number of hydrogen-bond donors (Lipinski definition) is 1. The van der Waals surface area contributed by atoms with Gasteiger partial charge in [0.15, 0.2) is 11.5 Å². The lowest BCUT2D eigenvalue weighted by Gasteiger charge is -2.27. The van der Waals surface area contributed by atoms with Gasteiger partial charge in [0.1, 0.15) is 13.2 Å². The molecule has 3 rings (SSSR count). The molecule has 1 saturated heterocycles. The van der Waals surface area contributed by atoms with E-state index in [9.17, 15) is 0 Å². The average molecular weight is 261 g/mol. The molecule has 0 bridgehead atoms. The van der Waals surface area contributed by atoms with E-state index in [4.69, 9.17) is 9.47 Å². The van der Waals surface area contributed by atoms with Crippen LogP contribution >= 0.6 is 0 Å². The monoisotopic (exact) mass is 261 g/mol. The number of ether oxygens (including phenoxy) is 2. The lowest BCUT2D eigenvalue weighted by molar-refractivity contribution is 0.169. The predicted molar refractivity (Wildman–Crippen MR) is 76.2 cm³/mol. The summed E-state index contributed by atoms with van der Waals surface area (Å²) in [5.41, 5.74) is 2.76. The molecule has 0 aromatic heterocycles. The molecule has 104 valence electrons. The van der Waals surface area contributed by atoms with Crippen LogP contribution in [-0.4, -0.2) is 25.8 Å². The van der Waals surface area contributed by atoms with Crippen molar-refractivity contribution in [2.45, 2.75) is 45.1 Å². The Labute approximate surface area is 115 Å². The number of nitrogens with one attached hydrogen (secondary N) is 1. The van der Waals surface area contributed by atoms with E-state index < -0.39 is 0 Å². The smallest absolute Gasteiger partial charge is 0.164 e. The zero-order valence-electron chi connectivity index (χ0n) is 11.7. The van der Waals surface area contributed by atoms with Gasteiger partial charge in [-0.2, -0.15) is 0 Å². The zero-order chi connectivity index (χ0) is 13.1. The van der Waals surface area contributed by atoms with Crippen LogP contribution in [0.1, 0.15) is 37.3 Å². The minimum absolute atomic E-state index is 0.626. The standard InChI is InChI=1S/C16H23NO2/c1-2-14-12(11-13-5-3-4-8-17-13)6-7-15-16(14)19-10-9-18-15/h6-7,13,17H,2-5,8-11H2,1H3. The van der Waals surface area contributed by atoms with Gasteiger partial charge in [-0.15, -0.1) is 0 Å². The summed E-state index contributed by atoms with van der Waals surface area (Å²) >= 11 is 0. The quantitative estimate of drug-likeness (QED) is 0.907. The molecule has 1 aromatic rings. The Kier molecular flexibility index (Phi) is 3.92. The maximum absolute atomic E-state index is 5.83. The van der Waals surface area contributed by atoms with Crippen molar-refractivity contribution in [3.63, 3.8) is 0 Å². The van der Waals surface area contributed by atoms with Crippen LogP contribution in [0.2, 0.25) is 0 Å². The van der Waals surface area contributed by atoms with E-state index in [1.165, 1.54) is 30.4 Å². The Hall–Kier alpha value is -1.22. The highest BCUT2D eigenvalue weighted by molar-refractivity contribution is 5.51. The first kappa shape index (κ1) is 12.8. The number of hydrogen-bond acceptors (Lipinski definition) is 3. The Morgan fingerprint density at radius 2 is 2.11 bits per heavy atom. The molecule has 1 fully saturated rings. The van der Waals surface area contributed by atoms with Gasteiger partial charge < -0.3 is 14.8 Å². The minimum Gasteiger partial charge on any atom is -0.486 e. The summed E-state index contributed by atoms with van der Waals surface area (Å²) in [6.07, 6.45) is 6.08. The van der Waals surface area contributed by atoms with Crippen LogP contribution in [-0.2, 0) is 12.8 Å². The van der Waals surface area contributed by atoms with Gasteiger partial charge in [-0.3, -0.25) is 0 Å². The fourth-order valence-electron chi connectivity index (χ4n) is 3.16. The van der Waals surface area contributed by atoms with Gasteiger partial charge >= 0.3 is 0 Å². The van der Waals surface area contributed by atoms with Gasteiger partial charge in [0.25, 0.3) is 0 Å². The largest absolute Gasteiger partial charge is 0.486 e. The third kappa shape index (κ3) is 2.71. The van der Waals surface area contributed by atoms with E-state index in [0.29, 0.717) is 19.3 Å². The summed E-state index contributed by atoms with van der Waals surface area (Å²) in [7, 11) is 0. The molecule has 0 saturated carbocycles. The number of rotatable bonds is 3. The molecular weight excluding hydrogens is 238 g/mol. The summed E-state index contributed by atoms with van der Waals surface area (Å²) in [6, 6.07) is 4.93. The second kappa shape index (κ2) is 5.83. The van der Waals surface area contributed by atoms with Gasteiger partial charge in [0.2, 0.25) is 0 Å². The average Bonchev–Trinajstić information content (AvgIpc) is 2.48. The van der Waals surface area contributed by atoms with Crippen LogP contribution in [0, 0.1) is 0 Å². The molecule has 19 heavy (non-hydrogen) atoms. The van der Waals surface area contributed by atoms with E-state index in [-0.39, 0.29) is 0 Å². The van der Waals surface area contributed by atoms with Crippen molar-refractivity contribution in [2.24, 2.45) is 0 Å². The van der Waals surface area contributed by atoms with Crippen molar-refractivity contribution >= 4 is 0 Å². The minimum atomic E-state index is 0.626. The van der Waals surface area contributed by atoms with Gasteiger partial charge in [0, 0.05) is 11.6 Å². The molecule has 2 aliphatic rings. The normalized spacial score (nSPS) is 22.3. The van der Waals surface area contributed by atoms with Gasteiger partial charge in [-0.25, -0.2) is 0 Å². The number of benzene rings is 1. The van der Waals surface area contributed by atoms with E-state index in [2.05, 4.69) is 24.4 Å². The Bertz CT molecular complexity index is 439. The van der Waals surface area contributed by atoms with Crippen LogP contribution in [0.25, 0.3) is 0 Å². The highest BCUT2D eigenvalue weighted by Crippen LogP contribution is 2.37. The molecule has 0 amide bonds. The van der Waals surface area contributed by atoms with Crippen molar-refractivity contribution in [3.05, 3.63) is 23.3 Å². The molecule has 0 aliphatic carbocycles. The fraction of sp³-hybridized carbons (Fsp3) is 0.625. The zero-order valence-corrected chi connectivity index (χ0v) is 11.7. The van der Waals surface area contributed by atoms with E-state index >= 15 is 0 Å². The van der Waals surface area contributed by atoms with Crippen LogP contribution in [0.3, 0.4) is 0 Å². The molecule has 3 heteroatoms. The highest BCUT2D eigenvalue weighted by atomic mass is 16.6. The van der Waals surface area contributed by atoms with Crippen molar-refractivity contribution in [3.8, 4) is 11.5 Å². The third-order valence-electron chi connectivity index (χ3n) is 4.14. The molecule has 2 heterocycles. The van der Waals surface area contributed by atoms with Crippen LogP contribution in [0.4, 0.5) is 0 Å². The lowest BCUT2D eigenvalue weighted by Crippen LogP contribution is -2.35. The van der Waals surface area contributed by atoms with E-state index in [1.807, 2.05) is 0 Å².